The van der Waals surface area contributed by atoms with Crippen LogP contribution in [0.1, 0.15) is 19.8 Å². The Hall–Kier alpha value is -2.24. The second-order valence-corrected chi connectivity index (χ2v) is 5.50. The van der Waals surface area contributed by atoms with Crippen molar-refractivity contribution in [2.45, 2.75) is 25.8 Å². The van der Waals surface area contributed by atoms with Crippen molar-refractivity contribution < 1.29 is 19.4 Å². The number of ether oxygens (including phenoxy) is 1. The summed E-state index contributed by atoms with van der Waals surface area (Å²) in [6.45, 7) is 3.00. The van der Waals surface area contributed by atoms with Gasteiger partial charge in [-0.1, -0.05) is 12.1 Å². The van der Waals surface area contributed by atoms with E-state index in [-0.39, 0.29) is 6.04 Å². The molecule has 0 aromatic heterocycles. The number of amides is 1. The molecule has 1 aromatic rings. The van der Waals surface area contributed by atoms with Crippen LogP contribution >= 0.6 is 0 Å². The van der Waals surface area contributed by atoms with Crippen LogP contribution in [0.15, 0.2) is 24.3 Å². The summed E-state index contributed by atoms with van der Waals surface area (Å²) in [4.78, 5) is 24.8. The van der Waals surface area contributed by atoms with E-state index in [1.54, 1.807) is 7.11 Å². The maximum absolute atomic E-state index is 11.8. The molecular weight excluding hydrogens is 284 g/mol. The molecule has 22 heavy (non-hydrogen) atoms. The van der Waals surface area contributed by atoms with Gasteiger partial charge in [-0.25, -0.2) is 0 Å². The number of nitrogens with zero attached hydrogens (tertiary/aromatic N) is 1. The molecule has 1 aromatic carbocycles. The smallest absolute Gasteiger partial charge is 0.315 e. The van der Waals surface area contributed by atoms with Crippen molar-refractivity contribution in [3.63, 3.8) is 0 Å². The number of methoxy groups -OCH3 is 1. The number of carbonyl (C=O) groups is 2. The highest BCUT2D eigenvalue weighted by Crippen LogP contribution is 2.29. The van der Waals surface area contributed by atoms with Crippen molar-refractivity contribution in [2.75, 3.05) is 25.1 Å². The first kappa shape index (κ1) is 16.1. The molecule has 1 unspecified atom stereocenters. The first-order chi connectivity index (χ1) is 10.5. The van der Waals surface area contributed by atoms with Crippen molar-refractivity contribution in [1.82, 2.24) is 5.32 Å². The lowest BCUT2D eigenvalue weighted by atomic mass is 10.0. The minimum Gasteiger partial charge on any atom is -0.495 e. The Morgan fingerprint density at radius 3 is 2.55 bits per heavy atom. The zero-order chi connectivity index (χ0) is 16.1. The van der Waals surface area contributed by atoms with Gasteiger partial charge in [-0.2, -0.15) is 0 Å². The molecule has 0 aliphatic carbocycles. The average molecular weight is 306 g/mol. The number of para-hydroxylation sites is 2. The molecule has 1 atom stereocenters. The summed E-state index contributed by atoms with van der Waals surface area (Å²) in [7, 11) is 1.65. The highest BCUT2D eigenvalue weighted by atomic mass is 16.5. The predicted octanol–water partition coefficient (Wildman–Crippen LogP) is 1.50. The number of nitrogens with one attached hydrogen (secondary N) is 1. The lowest BCUT2D eigenvalue weighted by Gasteiger charge is -2.34. The first-order valence-corrected chi connectivity index (χ1v) is 7.44. The number of carboxylic acids is 1. The fourth-order valence-corrected chi connectivity index (χ4v) is 2.59. The quantitative estimate of drug-likeness (QED) is 0.806. The van der Waals surface area contributed by atoms with Crippen LogP contribution < -0.4 is 15.0 Å². The maximum atomic E-state index is 11.8. The maximum Gasteiger partial charge on any atom is 0.315 e. The highest BCUT2D eigenvalue weighted by molar-refractivity contribution is 5.96. The Labute approximate surface area is 130 Å². The summed E-state index contributed by atoms with van der Waals surface area (Å²) >= 11 is 0. The second-order valence-electron chi connectivity index (χ2n) is 5.50. The number of piperidine rings is 1. The second kappa shape index (κ2) is 7.15. The number of anilines is 1. The molecule has 1 fully saturated rings. The van der Waals surface area contributed by atoms with Crippen molar-refractivity contribution in [3.05, 3.63) is 24.3 Å². The van der Waals surface area contributed by atoms with E-state index in [0.29, 0.717) is 0 Å². The van der Waals surface area contributed by atoms with Crippen molar-refractivity contribution >= 4 is 17.6 Å². The number of carboxylic acid groups (broad SMARTS) is 1. The van der Waals surface area contributed by atoms with Gasteiger partial charge < -0.3 is 20.1 Å². The fraction of sp³-hybridized carbons (Fsp3) is 0.500. The number of rotatable bonds is 5. The molecule has 1 saturated heterocycles. The third-order valence-electron chi connectivity index (χ3n) is 4.03. The molecule has 1 aliphatic heterocycles. The summed E-state index contributed by atoms with van der Waals surface area (Å²) in [5.74, 6) is -1.68. The molecule has 0 saturated carbocycles. The van der Waals surface area contributed by atoms with Gasteiger partial charge in [-0.05, 0) is 31.9 Å². The van der Waals surface area contributed by atoms with Gasteiger partial charge in [0.25, 0.3) is 0 Å². The van der Waals surface area contributed by atoms with Gasteiger partial charge in [-0.3, -0.25) is 9.59 Å². The molecule has 1 heterocycles. The monoisotopic (exact) mass is 306 g/mol. The van der Waals surface area contributed by atoms with Crippen LogP contribution in [0.4, 0.5) is 5.69 Å². The molecule has 1 amide bonds. The molecule has 120 valence electrons. The third-order valence-corrected chi connectivity index (χ3v) is 4.03. The molecule has 2 rings (SSSR count). The average Bonchev–Trinajstić information content (AvgIpc) is 2.54. The molecule has 1 aliphatic rings. The summed E-state index contributed by atoms with van der Waals surface area (Å²) in [5.41, 5.74) is 1.05. The van der Waals surface area contributed by atoms with E-state index in [1.807, 2.05) is 24.3 Å². The highest BCUT2D eigenvalue weighted by Gasteiger charge is 2.26. The van der Waals surface area contributed by atoms with Gasteiger partial charge in [-0.15, -0.1) is 0 Å². The topological polar surface area (TPSA) is 78.9 Å². The molecule has 6 heteroatoms. The Morgan fingerprint density at radius 1 is 1.32 bits per heavy atom. The van der Waals surface area contributed by atoms with Crippen LogP contribution in [-0.2, 0) is 9.59 Å². The number of carbonyl (C=O) groups excluding carboxylic acids is 1. The van der Waals surface area contributed by atoms with Crippen molar-refractivity contribution in [3.8, 4) is 5.75 Å². The minimum atomic E-state index is -1.09. The molecule has 0 radical (unpaired) electrons. The van der Waals surface area contributed by atoms with Gasteiger partial charge in [0.15, 0.2) is 0 Å². The SMILES string of the molecule is COc1ccccc1N1CCC(NC(=O)C(C)C(=O)O)CC1. The largest absolute Gasteiger partial charge is 0.495 e. The molecule has 0 bridgehead atoms. The van der Waals surface area contributed by atoms with E-state index < -0.39 is 17.8 Å². The zero-order valence-electron chi connectivity index (χ0n) is 12.9. The van der Waals surface area contributed by atoms with Crippen LogP contribution in [0.25, 0.3) is 0 Å². The Balaban J connectivity index is 1.90. The zero-order valence-corrected chi connectivity index (χ0v) is 12.9. The van der Waals surface area contributed by atoms with Crippen LogP contribution in [-0.4, -0.2) is 43.2 Å². The summed E-state index contributed by atoms with van der Waals surface area (Å²) in [6.07, 6.45) is 1.58. The predicted molar refractivity (Wildman–Crippen MR) is 83.2 cm³/mol. The molecule has 6 nitrogen and oxygen atoms in total. The summed E-state index contributed by atoms with van der Waals surface area (Å²) in [5, 5.41) is 11.7. The Morgan fingerprint density at radius 2 is 1.95 bits per heavy atom. The van der Waals surface area contributed by atoms with Crippen molar-refractivity contribution in [2.24, 2.45) is 5.92 Å². The van der Waals surface area contributed by atoms with Crippen LogP contribution in [0, 0.1) is 5.92 Å². The Bertz CT molecular complexity index is 539. The fourth-order valence-electron chi connectivity index (χ4n) is 2.59. The minimum absolute atomic E-state index is 0.0280. The van der Waals surface area contributed by atoms with Gasteiger partial charge >= 0.3 is 5.97 Å². The summed E-state index contributed by atoms with van der Waals surface area (Å²) < 4.78 is 5.37. The van der Waals surface area contributed by atoms with E-state index in [4.69, 9.17) is 9.84 Å². The van der Waals surface area contributed by atoms with E-state index in [2.05, 4.69) is 10.2 Å². The van der Waals surface area contributed by atoms with E-state index in [0.717, 1.165) is 37.4 Å². The van der Waals surface area contributed by atoms with E-state index >= 15 is 0 Å². The lowest BCUT2D eigenvalue weighted by molar-refractivity contribution is -0.146. The van der Waals surface area contributed by atoms with E-state index in [1.165, 1.54) is 6.92 Å². The first-order valence-electron chi connectivity index (χ1n) is 7.44. The standard InChI is InChI=1S/C16H22N2O4/c1-11(16(20)21)15(19)17-12-7-9-18(10-8-12)13-5-3-4-6-14(13)22-2/h3-6,11-12H,7-10H2,1-2H3,(H,17,19)(H,20,21). The van der Waals surface area contributed by atoms with Crippen LogP contribution in [0.3, 0.4) is 0 Å². The van der Waals surface area contributed by atoms with Crippen LogP contribution in [0.5, 0.6) is 5.75 Å². The van der Waals surface area contributed by atoms with Gasteiger partial charge in [0, 0.05) is 19.1 Å². The Kier molecular flexibility index (Phi) is 5.25. The van der Waals surface area contributed by atoms with Crippen molar-refractivity contribution in [1.29, 1.82) is 0 Å². The van der Waals surface area contributed by atoms with E-state index in [9.17, 15) is 9.59 Å². The number of aliphatic carboxylic acids is 1. The molecule has 2 N–H and O–H groups in total. The number of hydrogen-bond donors (Lipinski definition) is 2. The normalized spacial score (nSPS) is 16.9. The number of benzene rings is 1. The number of hydrogen-bond acceptors (Lipinski definition) is 4. The molecule has 0 spiro atoms. The van der Waals surface area contributed by atoms with Crippen LogP contribution in [0.2, 0.25) is 0 Å². The lowest BCUT2D eigenvalue weighted by Crippen LogP contribution is -2.47. The third kappa shape index (κ3) is 3.69. The summed E-state index contributed by atoms with van der Waals surface area (Å²) in [6, 6.07) is 7.88. The van der Waals surface area contributed by atoms with Gasteiger partial charge in [0.2, 0.25) is 5.91 Å². The molecular formula is C16H22N2O4. The van der Waals surface area contributed by atoms with Gasteiger partial charge in [0.1, 0.15) is 11.7 Å². The van der Waals surface area contributed by atoms with Gasteiger partial charge in [0.05, 0.1) is 12.8 Å².